The van der Waals surface area contributed by atoms with Gasteiger partial charge in [-0.25, -0.2) is 4.79 Å². The van der Waals surface area contributed by atoms with E-state index in [0.29, 0.717) is 16.9 Å². The molecule has 8 heteroatoms. The van der Waals surface area contributed by atoms with Crippen molar-refractivity contribution >= 4 is 24.4 Å². The number of nitrogens with one attached hydrogen (secondary N) is 1. The largest absolute Gasteiger partial charge is 0.423 e. The van der Waals surface area contributed by atoms with E-state index in [1.807, 2.05) is 6.07 Å². The Hall–Kier alpha value is -3.39. The molecule has 1 N–H and O–H groups in total. The molecule has 0 aliphatic heterocycles. The predicted octanol–water partition coefficient (Wildman–Crippen LogP) is 2.71. The molecule has 130 valence electrons. The molecule has 7 nitrogen and oxygen atoms in total. The minimum Gasteiger partial charge on any atom is -0.423 e. The highest BCUT2D eigenvalue weighted by Gasteiger charge is 2.07. The van der Waals surface area contributed by atoms with E-state index in [2.05, 4.69) is 15.3 Å². The molecule has 1 heterocycles. The van der Waals surface area contributed by atoms with Crippen molar-refractivity contribution in [2.75, 3.05) is 0 Å². The number of H-pyrrole nitrogens is 1. The molecule has 0 saturated heterocycles. The van der Waals surface area contributed by atoms with Crippen LogP contribution in [-0.4, -0.2) is 27.1 Å². The number of aryl methyl sites for hydroxylation is 1. The highest BCUT2D eigenvalue weighted by molar-refractivity contribution is 7.71. The van der Waals surface area contributed by atoms with Gasteiger partial charge in [0, 0.05) is 0 Å². The summed E-state index contributed by atoms with van der Waals surface area (Å²) in [6.45, 7) is 1.56. The molecule has 0 aliphatic rings. The average Bonchev–Trinajstić information content (AvgIpc) is 2.67. The van der Waals surface area contributed by atoms with Gasteiger partial charge in [0.1, 0.15) is 11.4 Å². The van der Waals surface area contributed by atoms with Crippen molar-refractivity contribution in [2.45, 2.75) is 6.92 Å². The summed E-state index contributed by atoms with van der Waals surface area (Å²) in [4.78, 5) is 24.0. The highest BCUT2D eigenvalue weighted by atomic mass is 32.1. The summed E-state index contributed by atoms with van der Waals surface area (Å²) in [6.07, 6.45) is 1.48. The first kappa shape index (κ1) is 17.4. The number of aromatic nitrogens is 3. The maximum Gasteiger partial charge on any atom is 0.343 e. The van der Waals surface area contributed by atoms with Crippen molar-refractivity contribution in [1.29, 1.82) is 0 Å². The lowest BCUT2D eigenvalue weighted by Gasteiger charge is -2.04. The first-order valence-corrected chi connectivity index (χ1v) is 8.05. The molecule has 0 bridgehead atoms. The van der Waals surface area contributed by atoms with Gasteiger partial charge in [0.05, 0.1) is 11.8 Å². The molecular formula is C18H14N4O3S. The maximum absolute atomic E-state index is 12.0. The van der Waals surface area contributed by atoms with Crippen LogP contribution in [0.15, 0.2) is 64.5 Å². The number of ether oxygens (including phenoxy) is 1. The molecular weight excluding hydrogens is 352 g/mol. The van der Waals surface area contributed by atoms with E-state index in [0.717, 1.165) is 4.68 Å². The van der Waals surface area contributed by atoms with Gasteiger partial charge >= 0.3 is 5.97 Å². The smallest absolute Gasteiger partial charge is 0.343 e. The number of esters is 1. The Morgan fingerprint density at radius 3 is 2.58 bits per heavy atom. The number of hydrogen-bond acceptors (Lipinski definition) is 6. The van der Waals surface area contributed by atoms with Crippen LogP contribution in [0.3, 0.4) is 0 Å². The number of carbonyl (C=O) groups is 1. The predicted molar refractivity (Wildman–Crippen MR) is 99.3 cm³/mol. The monoisotopic (exact) mass is 366 g/mol. The van der Waals surface area contributed by atoms with Crippen LogP contribution >= 0.6 is 12.2 Å². The van der Waals surface area contributed by atoms with Gasteiger partial charge in [-0.1, -0.05) is 18.2 Å². The topological polar surface area (TPSA) is 89.3 Å². The Labute approximate surface area is 153 Å². The quantitative estimate of drug-likeness (QED) is 0.332. The van der Waals surface area contributed by atoms with Crippen LogP contribution in [0.5, 0.6) is 5.75 Å². The molecule has 0 radical (unpaired) electrons. The van der Waals surface area contributed by atoms with E-state index in [9.17, 15) is 9.59 Å². The van der Waals surface area contributed by atoms with Gasteiger partial charge in [0.2, 0.25) is 4.77 Å². The van der Waals surface area contributed by atoms with Crippen LogP contribution < -0.4 is 10.3 Å². The van der Waals surface area contributed by atoms with Crippen LogP contribution in [0.1, 0.15) is 21.6 Å². The summed E-state index contributed by atoms with van der Waals surface area (Å²) in [5, 5.41) is 10.4. The Morgan fingerprint density at radius 2 is 1.88 bits per heavy atom. The van der Waals surface area contributed by atoms with Crippen molar-refractivity contribution in [2.24, 2.45) is 5.10 Å². The van der Waals surface area contributed by atoms with Gasteiger partial charge in [0.25, 0.3) is 5.56 Å². The zero-order valence-corrected chi connectivity index (χ0v) is 14.6. The minimum atomic E-state index is -0.433. The van der Waals surface area contributed by atoms with E-state index >= 15 is 0 Å². The zero-order valence-electron chi connectivity index (χ0n) is 13.7. The van der Waals surface area contributed by atoms with Crippen molar-refractivity contribution < 1.29 is 9.53 Å². The van der Waals surface area contributed by atoms with E-state index < -0.39 is 11.5 Å². The molecule has 0 fully saturated rings. The molecule has 0 atom stereocenters. The molecule has 0 spiro atoms. The Bertz CT molecular complexity index is 1070. The second-order valence-corrected chi connectivity index (χ2v) is 5.69. The molecule has 3 rings (SSSR count). The normalized spacial score (nSPS) is 10.8. The van der Waals surface area contributed by atoms with Gasteiger partial charge < -0.3 is 4.74 Å². The highest BCUT2D eigenvalue weighted by Crippen LogP contribution is 2.13. The summed E-state index contributed by atoms with van der Waals surface area (Å²) in [6, 6.07) is 15.4. The summed E-state index contributed by atoms with van der Waals surface area (Å²) >= 11 is 5.00. The fraction of sp³-hybridized carbons (Fsp3) is 0.0556. The number of nitrogens with zero attached hydrogens (tertiary/aromatic N) is 3. The van der Waals surface area contributed by atoms with Crippen LogP contribution in [0.2, 0.25) is 0 Å². The molecule has 0 aliphatic carbocycles. The average molecular weight is 366 g/mol. The van der Waals surface area contributed by atoms with Crippen molar-refractivity contribution in [3.05, 3.63) is 86.5 Å². The van der Waals surface area contributed by atoms with Gasteiger partial charge in [0.15, 0.2) is 0 Å². The first-order valence-electron chi connectivity index (χ1n) is 7.64. The molecule has 3 aromatic rings. The summed E-state index contributed by atoms with van der Waals surface area (Å²) in [5.41, 5.74) is 1.05. The second-order valence-electron chi connectivity index (χ2n) is 5.30. The molecule has 26 heavy (non-hydrogen) atoms. The van der Waals surface area contributed by atoms with E-state index in [1.165, 1.54) is 6.21 Å². The number of aromatic amines is 1. The lowest BCUT2D eigenvalue weighted by Crippen LogP contribution is -2.22. The summed E-state index contributed by atoms with van der Waals surface area (Å²) < 4.78 is 6.46. The Kier molecular flexibility index (Phi) is 5.14. The number of rotatable bonds is 4. The van der Waals surface area contributed by atoms with Crippen LogP contribution in [-0.2, 0) is 0 Å². The number of benzene rings is 2. The van der Waals surface area contributed by atoms with E-state index in [-0.39, 0.29) is 10.5 Å². The molecule has 0 unspecified atom stereocenters. The third-order valence-corrected chi connectivity index (χ3v) is 3.70. The number of hydrogen-bond donors (Lipinski definition) is 1. The third-order valence-electron chi connectivity index (χ3n) is 3.44. The SMILES string of the molecule is Cc1n[nH]c(=S)n(/N=C/c2ccc(OC(=O)c3ccccc3)cc2)c1=O. The lowest BCUT2D eigenvalue weighted by molar-refractivity contribution is 0.0735. The minimum absolute atomic E-state index is 0.102. The van der Waals surface area contributed by atoms with Gasteiger partial charge in [-0.05, 0) is 61.1 Å². The summed E-state index contributed by atoms with van der Waals surface area (Å²) in [5.74, 6) is -0.0256. The third kappa shape index (κ3) is 3.98. The fourth-order valence-electron chi connectivity index (χ4n) is 2.06. The maximum atomic E-state index is 12.0. The molecule has 0 amide bonds. The van der Waals surface area contributed by atoms with Gasteiger partial charge in [-0.15, -0.1) is 0 Å². The van der Waals surface area contributed by atoms with Gasteiger partial charge in [-0.2, -0.15) is 14.9 Å². The second kappa shape index (κ2) is 7.66. The van der Waals surface area contributed by atoms with Crippen molar-refractivity contribution in [3.63, 3.8) is 0 Å². The van der Waals surface area contributed by atoms with Gasteiger partial charge in [-0.3, -0.25) is 9.89 Å². The zero-order chi connectivity index (χ0) is 18.5. The first-order chi connectivity index (χ1) is 12.5. The van der Waals surface area contributed by atoms with Crippen LogP contribution in [0.4, 0.5) is 0 Å². The van der Waals surface area contributed by atoms with E-state index in [1.54, 1.807) is 55.5 Å². The Morgan fingerprint density at radius 1 is 1.19 bits per heavy atom. The molecule has 2 aromatic carbocycles. The van der Waals surface area contributed by atoms with Crippen molar-refractivity contribution in [3.8, 4) is 5.75 Å². The standard InChI is InChI=1S/C18H14N4O3S/c1-12-16(23)22(18(26)21-20-12)19-11-13-7-9-15(10-8-13)25-17(24)14-5-3-2-4-6-14/h2-11H,1H3,(H,21,26)/b19-11+. The van der Waals surface area contributed by atoms with Crippen molar-refractivity contribution in [1.82, 2.24) is 14.9 Å². The lowest BCUT2D eigenvalue weighted by atomic mass is 10.2. The van der Waals surface area contributed by atoms with Crippen LogP contribution in [0, 0.1) is 11.7 Å². The fourth-order valence-corrected chi connectivity index (χ4v) is 2.24. The summed E-state index contributed by atoms with van der Waals surface area (Å²) in [7, 11) is 0. The Balaban J connectivity index is 1.74. The molecule has 0 saturated carbocycles. The van der Waals surface area contributed by atoms with E-state index in [4.69, 9.17) is 17.0 Å². The van der Waals surface area contributed by atoms with Crippen LogP contribution in [0.25, 0.3) is 0 Å². The number of carbonyl (C=O) groups excluding carboxylic acids is 1. The molecule has 1 aromatic heterocycles.